The van der Waals surface area contributed by atoms with Crippen molar-refractivity contribution in [3.8, 4) is 0 Å². The zero-order chi connectivity index (χ0) is 52.3. The topological polar surface area (TPSA) is 318 Å². The predicted molar refractivity (Wildman–Crippen MR) is 251 cm³/mol. The molecule has 3 aromatic carbocycles. The number of benzene rings is 3. The average Bonchev–Trinajstić information content (AvgIpc) is 3.86. The molecule has 0 radical (unpaired) electrons. The summed E-state index contributed by atoms with van der Waals surface area (Å²) in [7, 11) is 0. The number of esters is 3. The Hall–Kier alpha value is -9.00. The number of hydrogen-bond donors (Lipinski definition) is 3. The van der Waals surface area contributed by atoms with E-state index >= 15 is 0 Å². The molecule has 380 valence electrons. The highest BCUT2D eigenvalue weighted by Gasteiger charge is 2.38. The van der Waals surface area contributed by atoms with Gasteiger partial charge in [0.05, 0.1) is 69.7 Å². The molecule has 4 aromatic rings. The minimum atomic E-state index is -1.87. The van der Waals surface area contributed by atoms with Crippen LogP contribution in [0.4, 0.5) is 0 Å². The van der Waals surface area contributed by atoms with Gasteiger partial charge in [0.2, 0.25) is 0 Å². The summed E-state index contributed by atoms with van der Waals surface area (Å²) in [5, 5.41) is 32.9. The van der Waals surface area contributed by atoms with Gasteiger partial charge >= 0.3 is 35.0 Å². The quantitative estimate of drug-likeness (QED) is 0.0421. The van der Waals surface area contributed by atoms with Crippen molar-refractivity contribution < 1.29 is 72.7 Å². The number of nitrogens with zero attached hydrogens (tertiary/aromatic N) is 6. The highest BCUT2D eigenvalue weighted by atomic mass is 16.6. The lowest BCUT2D eigenvalue weighted by Gasteiger charge is -2.19. The summed E-state index contributed by atoms with van der Waals surface area (Å²) in [5.41, 5.74) is -5.15. The van der Waals surface area contributed by atoms with Crippen LogP contribution in [0.1, 0.15) is 101 Å². The molecule has 1 aromatic heterocycles. The second-order valence-corrected chi connectivity index (χ2v) is 16.2. The molecule has 73 heavy (non-hydrogen) atoms. The molecular formula is C49H46N6O18. The van der Waals surface area contributed by atoms with Gasteiger partial charge in [-0.2, -0.15) is 0 Å². The van der Waals surface area contributed by atoms with Gasteiger partial charge in [-0.3, -0.25) is 43.5 Å². The Morgan fingerprint density at radius 2 is 0.658 bits per heavy atom. The fraction of sp³-hybridized carbons (Fsp3) is 0.265. The lowest BCUT2D eigenvalue weighted by Crippen LogP contribution is -2.57. The van der Waals surface area contributed by atoms with E-state index in [0.717, 1.165) is 32.9 Å². The van der Waals surface area contributed by atoms with Crippen LogP contribution in [0.25, 0.3) is 0 Å². The van der Waals surface area contributed by atoms with Crippen LogP contribution >= 0.6 is 0 Å². The zero-order valence-electron chi connectivity index (χ0n) is 37.8. The lowest BCUT2D eigenvalue weighted by molar-refractivity contribution is 0.0168. The highest BCUT2D eigenvalue weighted by Crippen LogP contribution is 2.27. The molecule has 24 heteroatoms. The molecule has 0 bridgehead atoms. The molecule has 0 aliphatic carbocycles. The Morgan fingerprint density at radius 3 is 0.890 bits per heavy atom. The van der Waals surface area contributed by atoms with Crippen molar-refractivity contribution in [1.82, 2.24) is 28.4 Å². The minimum Gasteiger partial charge on any atom is -0.459 e. The third kappa shape index (κ3) is 10.4. The van der Waals surface area contributed by atoms with Gasteiger partial charge in [-0.25, -0.2) is 42.5 Å². The molecule has 3 unspecified atom stereocenters. The molecule has 6 amide bonds. The maximum Gasteiger partial charge on any atom is 0.338 e. The van der Waals surface area contributed by atoms with E-state index in [9.17, 15) is 72.9 Å². The van der Waals surface area contributed by atoms with Crippen molar-refractivity contribution in [2.75, 3.05) is 39.5 Å². The summed E-state index contributed by atoms with van der Waals surface area (Å²) in [6.07, 6.45) is -1.59. The monoisotopic (exact) mass is 1010 g/mol. The Balaban J connectivity index is 0.00000869. The Morgan fingerprint density at radius 1 is 0.425 bits per heavy atom. The second kappa shape index (κ2) is 22.0. The third-order valence-corrected chi connectivity index (χ3v) is 11.3. The molecule has 0 saturated carbocycles. The van der Waals surface area contributed by atoms with E-state index in [1.54, 1.807) is 0 Å². The van der Waals surface area contributed by atoms with Gasteiger partial charge in [0.15, 0.2) is 0 Å². The van der Waals surface area contributed by atoms with E-state index < -0.39 is 128 Å². The van der Waals surface area contributed by atoms with Crippen LogP contribution in [-0.4, -0.2) is 155 Å². The summed E-state index contributed by atoms with van der Waals surface area (Å²) in [6, 6.07) is 10.6. The number of ether oxygens (including phenoxy) is 3. The van der Waals surface area contributed by atoms with E-state index in [1.807, 2.05) is 0 Å². The van der Waals surface area contributed by atoms with Crippen molar-refractivity contribution in [2.24, 2.45) is 0 Å². The van der Waals surface area contributed by atoms with Gasteiger partial charge in [-0.1, -0.05) is 25.7 Å². The van der Waals surface area contributed by atoms with Gasteiger partial charge < -0.3 is 29.5 Å². The number of amides is 6. The van der Waals surface area contributed by atoms with Gasteiger partial charge in [0.1, 0.15) is 38.1 Å². The molecule has 3 aliphatic heterocycles. The smallest absolute Gasteiger partial charge is 0.338 e. The number of carbonyl (C=O) groups is 9. The van der Waals surface area contributed by atoms with Crippen molar-refractivity contribution >= 4 is 53.4 Å². The number of fused-ring (bicyclic) bond motifs is 3. The molecule has 7 rings (SSSR count). The Labute approximate surface area is 412 Å². The van der Waals surface area contributed by atoms with Gasteiger partial charge in [-0.05, 0) is 54.6 Å². The third-order valence-electron chi connectivity index (χ3n) is 11.3. The molecule has 0 fully saturated rings. The van der Waals surface area contributed by atoms with Crippen LogP contribution in [0.2, 0.25) is 0 Å². The van der Waals surface area contributed by atoms with E-state index in [0.29, 0.717) is 13.7 Å². The van der Waals surface area contributed by atoms with E-state index in [2.05, 4.69) is 19.7 Å². The molecular weight excluding hydrogens is 961 g/mol. The minimum absolute atomic E-state index is 0. The van der Waals surface area contributed by atoms with E-state index in [-0.39, 0.29) is 77.1 Å². The van der Waals surface area contributed by atoms with Crippen LogP contribution in [0.5, 0.6) is 0 Å². The zero-order valence-corrected chi connectivity index (χ0v) is 37.8. The summed E-state index contributed by atoms with van der Waals surface area (Å²) in [5.74, 6) is -7.18. The Kier molecular flexibility index (Phi) is 16.1. The first-order valence-corrected chi connectivity index (χ1v) is 21.6. The maximum absolute atomic E-state index is 13.8. The molecule has 3 atom stereocenters. The van der Waals surface area contributed by atoms with Crippen molar-refractivity contribution in [1.29, 1.82) is 0 Å². The van der Waals surface area contributed by atoms with Crippen molar-refractivity contribution in [2.45, 2.75) is 45.4 Å². The molecule has 0 saturated heterocycles. The summed E-state index contributed by atoms with van der Waals surface area (Å²) < 4.78 is 16.4. The first kappa shape index (κ1) is 53.4. The predicted octanol–water partition coefficient (Wildman–Crippen LogP) is -0.192. The highest BCUT2D eigenvalue weighted by molar-refractivity contribution is 6.23. The Bertz CT molecular complexity index is 2870. The number of aliphatic hydroxyl groups is 3. The summed E-state index contributed by atoms with van der Waals surface area (Å²) in [4.78, 5) is 159. The number of hydrogen-bond acceptors (Lipinski definition) is 18. The summed E-state index contributed by atoms with van der Waals surface area (Å²) >= 11 is 0. The number of aliphatic hydroxyl groups excluding tert-OH is 3. The molecule has 4 heterocycles. The fourth-order valence-electron chi connectivity index (χ4n) is 7.84. The number of aromatic nitrogens is 3. The average molecular weight is 1010 g/mol. The standard InChI is InChI=1S/C48H42N6O18.CH4/c1-4-13-49-37(58)31-10-7-25(16-34(31)40(49)61)43(64)70-22-28(55)19-52-46(67)53(20-29(56)23-71-44(65)26-8-11-32-35(17-26)41(62)50(14-5-2)38(32)59)48(69)54(47(52)68)21-30(57)24-72-45(66)27-9-12-33-36(18-27)42(63)51(15-6-3)39(33)60;/h4-12,16-18,28-30,55-57H,1-3,13-15,19-24H2;1H4. The van der Waals surface area contributed by atoms with Crippen LogP contribution in [0.3, 0.4) is 0 Å². The SMILES string of the molecule is C.C=CCN1C(=O)c2ccc(C(=O)OCC(O)Cn3c(=O)n(CC(O)COC(=O)c4ccc5c(c4)C(=O)N(CC=C)C5=O)c(=O)n(CC(O)COC(=O)c4ccc5c(c4)C(=O)N(CC=C)C5=O)c3=O)cc2C1=O. The van der Waals surface area contributed by atoms with Gasteiger partial charge in [-0.15, -0.1) is 19.7 Å². The largest absolute Gasteiger partial charge is 0.459 e. The number of carbonyl (C=O) groups excluding carboxylic acids is 9. The van der Waals surface area contributed by atoms with E-state index in [1.165, 1.54) is 54.6 Å². The molecule has 24 nitrogen and oxygen atoms in total. The number of rotatable bonds is 21. The van der Waals surface area contributed by atoms with Gasteiger partial charge in [0, 0.05) is 19.6 Å². The van der Waals surface area contributed by atoms with Crippen LogP contribution < -0.4 is 17.1 Å². The molecule has 0 spiro atoms. The molecule has 3 aliphatic rings. The maximum atomic E-state index is 13.8. The van der Waals surface area contributed by atoms with Crippen LogP contribution in [0.15, 0.2) is 107 Å². The van der Waals surface area contributed by atoms with E-state index in [4.69, 9.17) is 14.2 Å². The molecule has 3 N–H and O–H groups in total. The first-order chi connectivity index (χ1) is 34.3. The summed E-state index contributed by atoms with van der Waals surface area (Å²) in [6.45, 7) is 4.62. The lowest BCUT2D eigenvalue weighted by atomic mass is 10.1. The van der Waals surface area contributed by atoms with Gasteiger partial charge in [0.25, 0.3) is 35.4 Å². The van der Waals surface area contributed by atoms with Crippen molar-refractivity contribution in [3.05, 3.63) is 174 Å². The van der Waals surface area contributed by atoms with Crippen LogP contribution in [-0.2, 0) is 33.8 Å². The van der Waals surface area contributed by atoms with Crippen LogP contribution in [0, 0.1) is 0 Å². The second-order valence-electron chi connectivity index (χ2n) is 16.2. The number of imide groups is 3. The van der Waals surface area contributed by atoms with Crippen molar-refractivity contribution in [3.63, 3.8) is 0 Å². The normalized spacial score (nSPS) is 14.8. The first-order valence-electron chi connectivity index (χ1n) is 21.6. The fourth-order valence-corrected chi connectivity index (χ4v) is 7.84.